The lowest BCUT2D eigenvalue weighted by molar-refractivity contribution is 0.460. The van der Waals surface area contributed by atoms with Crippen LogP contribution in [0.2, 0.25) is 0 Å². The molecule has 1 atom stereocenters. The molecule has 0 saturated carbocycles. The van der Waals surface area contributed by atoms with Crippen molar-refractivity contribution < 1.29 is 8.81 Å². The first-order valence-electron chi connectivity index (χ1n) is 5.27. The Morgan fingerprint density at radius 3 is 2.88 bits per heavy atom. The summed E-state index contributed by atoms with van der Waals surface area (Å²) in [4.78, 5) is 0. The zero-order chi connectivity index (χ0) is 11.4. The van der Waals surface area contributed by atoms with Gasteiger partial charge in [-0.15, -0.1) is 0 Å². The van der Waals surface area contributed by atoms with E-state index in [0.29, 0.717) is 6.54 Å². The largest absolute Gasteiger partial charge is 0.468 e. The number of halogens is 1. The van der Waals surface area contributed by atoms with Crippen molar-refractivity contribution in [2.45, 2.75) is 19.5 Å². The maximum absolute atomic E-state index is 13.0. The van der Waals surface area contributed by atoms with E-state index < -0.39 is 0 Å². The molecule has 0 amide bonds. The van der Waals surface area contributed by atoms with Gasteiger partial charge in [0.2, 0.25) is 0 Å². The molecule has 1 aromatic carbocycles. The maximum Gasteiger partial charge on any atom is 0.123 e. The molecule has 0 aliphatic carbocycles. The van der Waals surface area contributed by atoms with Gasteiger partial charge in [-0.1, -0.05) is 12.1 Å². The van der Waals surface area contributed by atoms with Crippen LogP contribution in [0.15, 0.2) is 47.1 Å². The van der Waals surface area contributed by atoms with E-state index >= 15 is 0 Å². The second-order valence-electron chi connectivity index (χ2n) is 3.74. The molecule has 2 rings (SSSR count). The molecule has 2 nitrogen and oxygen atoms in total. The lowest BCUT2D eigenvalue weighted by Gasteiger charge is -2.13. The highest BCUT2D eigenvalue weighted by molar-refractivity contribution is 5.19. The molecule has 0 fully saturated rings. The van der Waals surface area contributed by atoms with E-state index in [-0.39, 0.29) is 11.9 Å². The monoisotopic (exact) mass is 219 g/mol. The first-order chi connectivity index (χ1) is 7.75. The predicted octanol–water partition coefficient (Wildman–Crippen LogP) is 3.27. The van der Waals surface area contributed by atoms with Crippen LogP contribution in [0.4, 0.5) is 4.39 Å². The van der Waals surface area contributed by atoms with Gasteiger partial charge in [-0.05, 0) is 36.8 Å². The molecular formula is C13H14FNO. The molecular weight excluding hydrogens is 205 g/mol. The third-order valence-electron chi connectivity index (χ3n) is 2.51. The fraction of sp³-hybridized carbons (Fsp3) is 0.231. The van der Waals surface area contributed by atoms with Crippen LogP contribution in [-0.4, -0.2) is 0 Å². The van der Waals surface area contributed by atoms with Crippen LogP contribution < -0.4 is 5.32 Å². The summed E-state index contributed by atoms with van der Waals surface area (Å²) >= 11 is 0. The Hall–Kier alpha value is -1.61. The average molecular weight is 219 g/mol. The van der Waals surface area contributed by atoms with Gasteiger partial charge in [-0.25, -0.2) is 4.39 Å². The first kappa shape index (κ1) is 10.9. The fourth-order valence-corrected chi connectivity index (χ4v) is 1.56. The molecule has 2 aromatic rings. The lowest BCUT2D eigenvalue weighted by Crippen LogP contribution is -2.17. The molecule has 1 heterocycles. The summed E-state index contributed by atoms with van der Waals surface area (Å²) in [5, 5.41) is 3.27. The minimum Gasteiger partial charge on any atom is -0.468 e. The third kappa shape index (κ3) is 2.70. The van der Waals surface area contributed by atoms with Gasteiger partial charge in [-0.2, -0.15) is 0 Å². The molecule has 0 saturated heterocycles. The number of benzene rings is 1. The van der Waals surface area contributed by atoms with Crippen molar-refractivity contribution in [2.75, 3.05) is 0 Å². The molecule has 0 aliphatic heterocycles. The Kier molecular flexibility index (Phi) is 3.37. The maximum atomic E-state index is 13.0. The Morgan fingerprint density at radius 2 is 2.19 bits per heavy atom. The van der Waals surface area contributed by atoms with Crippen LogP contribution >= 0.6 is 0 Å². The van der Waals surface area contributed by atoms with Crippen molar-refractivity contribution in [1.82, 2.24) is 5.32 Å². The Morgan fingerprint density at radius 1 is 1.31 bits per heavy atom. The fourth-order valence-electron chi connectivity index (χ4n) is 1.56. The van der Waals surface area contributed by atoms with Crippen LogP contribution in [0.25, 0.3) is 0 Å². The summed E-state index contributed by atoms with van der Waals surface area (Å²) in [5.74, 6) is 0.674. The summed E-state index contributed by atoms with van der Waals surface area (Å²) in [7, 11) is 0. The van der Waals surface area contributed by atoms with Gasteiger partial charge in [0.15, 0.2) is 0 Å². The van der Waals surface area contributed by atoms with Crippen LogP contribution in [0.1, 0.15) is 24.3 Å². The molecule has 0 spiro atoms. The Labute approximate surface area is 94.1 Å². The highest BCUT2D eigenvalue weighted by Gasteiger charge is 2.06. The van der Waals surface area contributed by atoms with Crippen molar-refractivity contribution >= 4 is 0 Å². The van der Waals surface area contributed by atoms with Crippen molar-refractivity contribution in [2.24, 2.45) is 0 Å². The summed E-state index contributed by atoms with van der Waals surface area (Å²) in [6.45, 7) is 2.64. The molecule has 0 radical (unpaired) electrons. The van der Waals surface area contributed by atoms with E-state index in [9.17, 15) is 4.39 Å². The second-order valence-corrected chi connectivity index (χ2v) is 3.74. The molecule has 0 bridgehead atoms. The molecule has 0 aliphatic rings. The SMILES string of the molecule is CC(NCc1ccco1)c1cccc(F)c1. The highest BCUT2D eigenvalue weighted by atomic mass is 19.1. The van der Waals surface area contributed by atoms with Crippen LogP contribution in [0.3, 0.4) is 0 Å². The van der Waals surface area contributed by atoms with Crippen molar-refractivity contribution in [3.8, 4) is 0 Å². The molecule has 84 valence electrons. The smallest absolute Gasteiger partial charge is 0.123 e. The van der Waals surface area contributed by atoms with E-state index in [2.05, 4.69) is 5.32 Å². The lowest BCUT2D eigenvalue weighted by atomic mass is 10.1. The summed E-state index contributed by atoms with van der Waals surface area (Å²) < 4.78 is 18.2. The van der Waals surface area contributed by atoms with E-state index in [1.54, 1.807) is 18.4 Å². The normalized spacial score (nSPS) is 12.6. The topological polar surface area (TPSA) is 25.2 Å². The van der Waals surface area contributed by atoms with Crippen LogP contribution in [-0.2, 0) is 6.54 Å². The number of furan rings is 1. The molecule has 1 unspecified atom stereocenters. The number of hydrogen-bond donors (Lipinski definition) is 1. The van der Waals surface area contributed by atoms with Crippen molar-refractivity contribution in [3.05, 3.63) is 59.8 Å². The van der Waals surface area contributed by atoms with Crippen molar-refractivity contribution in [1.29, 1.82) is 0 Å². The van der Waals surface area contributed by atoms with Crippen LogP contribution in [0, 0.1) is 5.82 Å². The van der Waals surface area contributed by atoms with Gasteiger partial charge in [0.25, 0.3) is 0 Å². The minimum absolute atomic E-state index is 0.0980. The molecule has 16 heavy (non-hydrogen) atoms. The van der Waals surface area contributed by atoms with Gasteiger partial charge < -0.3 is 9.73 Å². The standard InChI is InChI=1S/C13H14FNO/c1-10(11-4-2-5-12(14)8-11)15-9-13-6-3-7-16-13/h2-8,10,15H,9H2,1H3. The first-order valence-corrected chi connectivity index (χ1v) is 5.27. The third-order valence-corrected chi connectivity index (χ3v) is 2.51. The summed E-state index contributed by atoms with van der Waals surface area (Å²) in [6.07, 6.45) is 1.64. The number of nitrogens with one attached hydrogen (secondary N) is 1. The van der Waals surface area contributed by atoms with Gasteiger partial charge in [-0.3, -0.25) is 0 Å². The van der Waals surface area contributed by atoms with E-state index in [1.807, 2.05) is 25.1 Å². The average Bonchev–Trinajstić information content (AvgIpc) is 2.78. The molecule has 3 heteroatoms. The van der Waals surface area contributed by atoms with Crippen LogP contribution in [0.5, 0.6) is 0 Å². The summed E-state index contributed by atoms with van der Waals surface area (Å²) in [5.41, 5.74) is 0.937. The van der Waals surface area contributed by atoms with Gasteiger partial charge in [0.1, 0.15) is 11.6 Å². The summed E-state index contributed by atoms with van der Waals surface area (Å²) in [6, 6.07) is 10.5. The Bertz CT molecular complexity index is 439. The van der Waals surface area contributed by atoms with E-state index in [4.69, 9.17) is 4.42 Å². The minimum atomic E-state index is -0.204. The van der Waals surface area contributed by atoms with E-state index in [0.717, 1.165) is 11.3 Å². The number of hydrogen-bond acceptors (Lipinski definition) is 2. The zero-order valence-corrected chi connectivity index (χ0v) is 9.11. The van der Waals surface area contributed by atoms with E-state index in [1.165, 1.54) is 6.07 Å². The van der Waals surface area contributed by atoms with Gasteiger partial charge in [0, 0.05) is 6.04 Å². The molecule has 1 aromatic heterocycles. The highest BCUT2D eigenvalue weighted by Crippen LogP contribution is 2.14. The predicted molar refractivity (Wildman–Crippen MR) is 60.4 cm³/mol. The Balaban J connectivity index is 1.95. The quantitative estimate of drug-likeness (QED) is 0.853. The van der Waals surface area contributed by atoms with Crippen molar-refractivity contribution in [3.63, 3.8) is 0 Å². The van der Waals surface area contributed by atoms with Gasteiger partial charge >= 0.3 is 0 Å². The molecule has 1 N–H and O–H groups in total. The zero-order valence-electron chi connectivity index (χ0n) is 9.11. The number of rotatable bonds is 4. The van der Waals surface area contributed by atoms with Gasteiger partial charge in [0.05, 0.1) is 12.8 Å². The second kappa shape index (κ2) is 4.94.